The lowest BCUT2D eigenvalue weighted by molar-refractivity contribution is 1.23. The van der Waals surface area contributed by atoms with Gasteiger partial charge in [-0.1, -0.05) is 81.7 Å². The van der Waals surface area contributed by atoms with Gasteiger partial charge >= 0.3 is 0 Å². The first-order valence-corrected chi connectivity index (χ1v) is 7.38. The predicted octanol–water partition coefficient (Wildman–Crippen LogP) is 8.02. The summed E-state index contributed by atoms with van der Waals surface area (Å²) in [7, 11) is 0. The summed E-state index contributed by atoms with van der Waals surface area (Å²) in [6.07, 6.45) is 0. The molecule has 2 aromatic rings. The molecule has 2 aromatic carbocycles. The summed E-state index contributed by atoms with van der Waals surface area (Å²) in [4.78, 5) is 0. The van der Waals surface area contributed by atoms with Gasteiger partial charge in [-0.25, -0.2) is 0 Å². The molecule has 2 nitrogen and oxygen atoms in total. The summed E-state index contributed by atoms with van der Waals surface area (Å²) in [5.74, 6) is 0. The molecule has 0 saturated carbocycles. The van der Waals surface area contributed by atoms with Crippen LogP contribution in [0.2, 0.25) is 30.1 Å². The molecule has 2 rings (SSSR count). The average Bonchev–Trinajstić information content (AvgIpc) is 2.45. The third-order valence-corrected chi connectivity index (χ3v) is 4.87. The van der Waals surface area contributed by atoms with Crippen molar-refractivity contribution < 1.29 is 0 Å². The third kappa shape index (κ3) is 3.16. The van der Waals surface area contributed by atoms with E-state index in [1.54, 1.807) is 24.3 Å². The van der Waals surface area contributed by atoms with E-state index in [-0.39, 0.29) is 30.8 Å². The number of nitrogens with zero attached hydrogens (tertiary/aromatic N) is 2. The van der Waals surface area contributed by atoms with Crippen LogP contribution in [0.1, 0.15) is 0 Å². The van der Waals surface area contributed by atoms with Crippen molar-refractivity contribution in [3.63, 3.8) is 0 Å². The van der Waals surface area contributed by atoms with Crippen molar-refractivity contribution in [3.8, 4) is 0 Å². The Kier molecular flexibility index (Phi) is 5.41. The summed E-state index contributed by atoms with van der Waals surface area (Å²) >= 11 is 35.8. The van der Waals surface area contributed by atoms with E-state index >= 15 is 0 Å². The first-order valence-electron chi connectivity index (χ1n) is 5.11. The molecule has 104 valence electrons. The number of azo groups is 1. The van der Waals surface area contributed by atoms with Crippen molar-refractivity contribution in [1.29, 1.82) is 0 Å². The van der Waals surface area contributed by atoms with Crippen LogP contribution in [0, 0.1) is 0 Å². The number of benzene rings is 2. The molecule has 0 aromatic heterocycles. The van der Waals surface area contributed by atoms with Gasteiger partial charge in [-0.3, -0.25) is 0 Å². The summed E-state index contributed by atoms with van der Waals surface area (Å²) in [5.41, 5.74) is 0.594. The van der Waals surface area contributed by atoms with Gasteiger partial charge in [0.05, 0.1) is 30.1 Å². The maximum absolute atomic E-state index is 6.04. The molecule has 0 fully saturated rings. The number of halogens is 6. The average molecular weight is 389 g/mol. The molecule has 8 heteroatoms. The molecule has 0 aliphatic carbocycles. The first kappa shape index (κ1) is 16.2. The van der Waals surface area contributed by atoms with E-state index in [0.717, 1.165) is 0 Å². The second-order valence-electron chi connectivity index (χ2n) is 3.57. The predicted molar refractivity (Wildman–Crippen MR) is 87.1 cm³/mol. The molecule has 0 bridgehead atoms. The van der Waals surface area contributed by atoms with Crippen LogP contribution in [-0.2, 0) is 0 Å². The smallest absolute Gasteiger partial charge is 0.126 e. The highest BCUT2D eigenvalue weighted by molar-refractivity contribution is 6.56. The quantitative estimate of drug-likeness (QED) is 0.282. The lowest BCUT2D eigenvalue weighted by atomic mass is 10.3. The van der Waals surface area contributed by atoms with Gasteiger partial charge in [-0.05, 0) is 12.1 Å². The lowest BCUT2D eigenvalue weighted by Crippen LogP contribution is -1.79. The summed E-state index contributed by atoms with van der Waals surface area (Å²) in [5, 5.41) is 8.70. The molecule has 0 amide bonds. The highest BCUT2D eigenvalue weighted by Gasteiger charge is 2.19. The van der Waals surface area contributed by atoms with Crippen LogP contribution in [0.15, 0.2) is 34.5 Å². The Balaban J connectivity index is 2.53. The van der Waals surface area contributed by atoms with Crippen molar-refractivity contribution in [2.24, 2.45) is 10.2 Å². The summed E-state index contributed by atoms with van der Waals surface area (Å²) < 4.78 is 0. The molecule has 20 heavy (non-hydrogen) atoms. The van der Waals surface area contributed by atoms with E-state index in [9.17, 15) is 0 Å². The molecular formula is C12H4Cl6N2. The van der Waals surface area contributed by atoms with Crippen LogP contribution in [0.5, 0.6) is 0 Å². The van der Waals surface area contributed by atoms with E-state index in [4.69, 9.17) is 69.6 Å². The molecule has 0 heterocycles. The Morgan fingerprint density at radius 2 is 1.10 bits per heavy atom. The van der Waals surface area contributed by atoms with Crippen molar-refractivity contribution in [3.05, 3.63) is 54.4 Å². The molecule has 0 atom stereocenters. The van der Waals surface area contributed by atoms with Gasteiger partial charge in [0.25, 0.3) is 0 Å². The number of rotatable bonds is 2. The standard InChI is InChI=1S/C12H4Cl6N2/c13-5-3-1-2-4-6(5)19-20-12-10(17)8(15)7(14)9(16)11(12)18/h1-4H. The molecule has 0 N–H and O–H groups in total. The van der Waals surface area contributed by atoms with Crippen molar-refractivity contribution >= 4 is 81.0 Å². The fourth-order valence-corrected chi connectivity index (χ4v) is 2.70. The van der Waals surface area contributed by atoms with E-state index < -0.39 is 0 Å². The third-order valence-electron chi connectivity index (χ3n) is 2.30. The monoisotopic (exact) mass is 386 g/mol. The fraction of sp³-hybridized carbons (Fsp3) is 0. The second kappa shape index (κ2) is 6.69. The zero-order chi connectivity index (χ0) is 14.9. The van der Waals surface area contributed by atoms with Gasteiger partial charge in [0.1, 0.15) is 11.4 Å². The fourth-order valence-electron chi connectivity index (χ4n) is 1.32. The maximum atomic E-state index is 6.04. The Morgan fingerprint density at radius 1 is 0.600 bits per heavy atom. The Morgan fingerprint density at radius 3 is 1.65 bits per heavy atom. The Bertz CT molecular complexity index is 670. The topological polar surface area (TPSA) is 24.7 Å². The second-order valence-corrected chi connectivity index (χ2v) is 5.87. The molecule has 0 saturated heterocycles. The van der Waals surface area contributed by atoms with E-state index in [1.165, 1.54) is 0 Å². The summed E-state index contributed by atoms with van der Waals surface area (Å²) in [6, 6.07) is 6.91. The van der Waals surface area contributed by atoms with Crippen molar-refractivity contribution in [1.82, 2.24) is 0 Å². The Hall–Kier alpha value is -0.220. The molecular weight excluding hydrogens is 385 g/mol. The van der Waals surface area contributed by atoms with Gasteiger partial charge in [-0.15, -0.1) is 10.2 Å². The molecule has 0 aliphatic rings. The molecule has 0 unspecified atom stereocenters. The van der Waals surface area contributed by atoms with Crippen molar-refractivity contribution in [2.75, 3.05) is 0 Å². The minimum absolute atomic E-state index is 0.0656. The van der Waals surface area contributed by atoms with Crippen LogP contribution in [0.4, 0.5) is 11.4 Å². The first-order chi connectivity index (χ1) is 9.43. The molecule has 0 spiro atoms. The van der Waals surface area contributed by atoms with Crippen molar-refractivity contribution in [2.45, 2.75) is 0 Å². The molecule has 0 aliphatic heterocycles. The van der Waals surface area contributed by atoms with E-state index in [2.05, 4.69) is 10.2 Å². The normalized spacial score (nSPS) is 11.3. The SMILES string of the molecule is Clc1ccccc1N=Nc1c(Cl)c(Cl)c(Cl)c(Cl)c1Cl. The van der Waals surface area contributed by atoms with Gasteiger partial charge in [0, 0.05) is 0 Å². The zero-order valence-corrected chi connectivity index (χ0v) is 14.0. The number of hydrogen-bond acceptors (Lipinski definition) is 2. The van der Waals surface area contributed by atoms with Gasteiger partial charge in [0.15, 0.2) is 0 Å². The Labute approximate surface area is 145 Å². The van der Waals surface area contributed by atoms with Gasteiger partial charge < -0.3 is 0 Å². The lowest BCUT2D eigenvalue weighted by Gasteiger charge is -2.07. The largest absolute Gasteiger partial charge is 0.149 e. The minimum atomic E-state index is 0.0656. The highest BCUT2D eigenvalue weighted by Crippen LogP contribution is 2.48. The van der Waals surface area contributed by atoms with E-state index in [1.807, 2.05) is 0 Å². The summed E-state index contributed by atoms with van der Waals surface area (Å²) in [6.45, 7) is 0. The highest BCUT2D eigenvalue weighted by atomic mass is 35.5. The van der Waals surface area contributed by atoms with Crippen LogP contribution in [0.3, 0.4) is 0 Å². The van der Waals surface area contributed by atoms with Crippen LogP contribution >= 0.6 is 69.6 Å². The van der Waals surface area contributed by atoms with Crippen LogP contribution in [0.25, 0.3) is 0 Å². The van der Waals surface area contributed by atoms with Crippen LogP contribution < -0.4 is 0 Å². The van der Waals surface area contributed by atoms with E-state index in [0.29, 0.717) is 10.7 Å². The van der Waals surface area contributed by atoms with Crippen LogP contribution in [-0.4, -0.2) is 0 Å². The number of hydrogen-bond donors (Lipinski definition) is 0. The molecule has 0 radical (unpaired) electrons. The van der Waals surface area contributed by atoms with Gasteiger partial charge in [0.2, 0.25) is 0 Å². The van der Waals surface area contributed by atoms with Gasteiger partial charge in [-0.2, -0.15) is 0 Å². The zero-order valence-electron chi connectivity index (χ0n) is 9.47. The minimum Gasteiger partial charge on any atom is -0.149 e. The maximum Gasteiger partial charge on any atom is 0.126 e.